The van der Waals surface area contributed by atoms with Gasteiger partial charge in [-0.25, -0.2) is 9.78 Å². The van der Waals surface area contributed by atoms with Crippen molar-refractivity contribution in [3.05, 3.63) is 63.5 Å². The van der Waals surface area contributed by atoms with Gasteiger partial charge in [-0.05, 0) is 60.7 Å². The van der Waals surface area contributed by atoms with E-state index < -0.39 is 11.8 Å². The van der Waals surface area contributed by atoms with Crippen LogP contribution in [0, 0.1) is 5.41 Å². The number of halogens is 1. The summed E-state index contributed by atoms with van der Waals surface area (Å²) < 4.78 is 5.79. The Morgan fingerprint density at radius 1 is 1.13 bits per heavy atom. The molecule has 0 aliphatic heterocycles. The lowest BCUT2D eigenvalue weighted by Gasteiger charge is -2.18. The first-order valence-corrected chi connectivity index (χ1v) is 10.2. The van der Waals surface area contributed by atoms with Gasteiger partial charge in [0.1, 0.15) is 11.6 Å². The zero-order valence-corrected chi connectivity index (χ0v) is 18.3. The molecule has 2 N–H and O–H groups in total. The first kappa shape index (κ1) is 22.0. The van der Waals surface area contributed by atoms with Gasteiger partial charge in [0.05, 0.1) is 17.7 Å². The molecule has 7 heteroatoms. The van der Waals surface area contributed by atoms with Gasteiger partial charge in [0.2, 0.25) is 0 Å². The van der Waals surface area contributed by atoms with Crippen LogP contribution in [0.3, 0.4) is 0 Å². The third kappa shape index (κ3) is 5.90. The lowest BCUT2D eigenvalue weighted by Crippen LogP contribution is -2.16. The summed E-state index contributed by atoms with van der Waals surface area (Å²) in [6, 6.07) is 12.7. The molecule has 1 atom stereocenters. The molecule has 3 rings (SSSR count). The van der Waals surface area contributed by atoms with E-state index in [4.69, 9.17) is 16.3 Å². The van der Waals surface area contributed by atoms with Crippen LogP contribution in [0.2, 0.25) is 5.02 Å². The molecule has 0 saturated heterocycles. The predicted octanol–water partition coefficient (Wildman–Crippen LogP) is 4.50. The maximum absolute atomic E-state index is 12.2. The minimum absolute atomic E-state index is 0.0605. The highest BCUT2D eigenvalue weighted by atomic mass is 35.5. The molecule has 0 aliphatic rings. The Morgan fingerprint density at radius 3 is 2.47 bits per heavy atom. The van der Waals surface area contributed by atoms with Crippen LogP contribution in [-0.4, -0.2) is 32.8 Å². The highest BCUT2D eigenvalue weighted by Crippen LogP contribution is 2.28. The van der Waals surface area contributed by atoms with Crippen LogP contribution in [0.1, 0.15) is 33.3 Å². The number of hydrogen-bond donors (Lipinski definition) is 2. The van der Waals surface area contributed by atoms with Gasteiger partial charge in [0, 0.05) is 11.1 Å². The van der Waals surface area contributed by atoms with Gasteiger partial charge in [0.25, 0.3) is 0 Å². The third-order valence-corrected chi connectivity index (χ3v) is 4.58. The molecule has 2 aromatic carbocycles. The van der Waals surface area contributed by atoms with Gasteiger partial charge in [0.15, 0.2) is 5.82 Å². The highest BCUT2D eigenvalue weighted by Gasteiger charge is 2.14. The average molecular weight is 428 g/mol. The van der Waals surface area contributed by atoms with Gasteiger partial charge in [-0.15, -0.1) is 0 Å². The second kappa shape index (κ2) is 8.98. The van der Waals surface area contributed by atoms with Crippen molar-refractivity contribution in [2.24, 2.45) is 5.41 Å². The van der Waals surface area contributed by atoms with E-state index in [-0.39, 0.29) is 5.41 Å². The molecule has 1 aromatic heterocycles. The van der Waals surface area contributed by atoms with Gasteiger partial charge in [-0.1, -0.05) is 38.4 Å². The minimum atomic E-state index is -0.514. The van der Waals surface area contributed by atoms with Crippen molar-refractivity contribution in [1.29, 1.82) is 0 Å². The fourth-order valence-corrected chi connectivity index (χ4v) is 3.07. The molecule has 158 valence electrons. The van der Waals surface area contributed by atoms with Crippen molar-refractivity contribution in [2.75, 3.05) is 6.61 Å². The number of rotatable bonds is 6. The Bertz CT molecular complexity index is 1070. The summed E-state index contributed by atoms with van der Waals surface area (Å²) in [6.07, 6.45) is -0.0133. The molecule has 0 amide bonds. The molecule has 3 aromatic rings. The van der Waals surface area contributed by atoms with E-state index in [1.54, 1.807) is 13.0 Å². The molecule has 0 fully saturated rings. The Labute approximate surface area is 180 Å². The smallest absolute Gasteiger partial charge is 0.348 e. The van der Waals surface area contributed by atoms with Crippen LogP contribution in [-0.2, 0) is 6.42 Å². The summed E-state index contributed by atoms with van der Waals surface area (Å²) in [7, 11) is 0. The minimum Gasteiger partial charge on any atom is -0.493 e. The number of aromatic amines is 1. The third-order valence-electron chi connectivity index (χ3n) is 4.25. The van der Waals surface area contributed by atoms with E-state index in [9.17, 15) is 9.90 Å². The zero-order chi connectivity index (χ0) is 21.9. The summed E-state index contributed by atoms with van der Waals surface area (Å²) in [5.41, 5.74) is 1.72. The Balaban J connectivity index is 1.92. The van der Waals surface area contributed by atoms with Crippen LogP contribution in [0.4, 0.5) is 0 Å². The second-order valence-corrected chi connectivity index (χ2v) is 8.97. The zero-order valence-electron chi connectivity index (χ0n) is 17.6. The summed E-state index contributed by atoms with van der Waals surface area (Å²) >= 11 is 6.35. The lowest BCUT2D eigenvalue weighted by molar-refractivity contribution is 0.195. The van der Waals surface area contributed by atoms with Gasteiger partial charge in [-0.3, -0.25) is 4.98 Å². The molecule has 0 aliphatic carbocycles. The van der Waals surface area contributed by atoms with E-state index in [1.165, 1.54) is 0 Å². The first-order valence-electron chi connectivity index (χ1n) is 9.79. The molecule has 0 spiro atoms. The summed E-state index contributed by atoms with van der Waals surface area (Å²) in [4.78, 5) is 23.4. The van der Waals surface area contributed by atoms with Crippen LogP contribution in [0.15, 0.2) is 47.3 Å². The molecule has 0 saturated carbocycles. The van der Waals surface area contributed by atoms with Gasteiger partial charge < -0.3 is 9.84 Å². The number of ether oxygens (including phenoxy) is 1. The van der Waals surface area contributed by atoms with E-state index in [2.05, 4.69) is 35.7 Å². The van der Waals surface area contributed by atoms with Gasteiger partial charge >= 0.3 is 5.69 Å². The number of nitrogens with zero attached hydrogens (tertiary/aromatic N) is 2. The van der Waals surface area contributed by atoms with Crippen molar-refractivity contribution in [3.63, 3.8) is 0 Å². The van der Waals surface area contributed by atoms with Crippen molar-refractivity contribution >= 4 is 11.6 Å². The van der Waals surface area contributed by atoms with Crippen molar-refractivity contribution in [1.82, 2.24) is 15.0 Å². The maximum atomic E-state index is 12.2. The monoisotopic (exact) mass is 427 g/mol. The summed E-state index contributed by atoms with van der Waals surface area (Å²) in [5, 5.41) is 10.1. The quantitative estimate of drug-likeness (QED) is 0.604. The lowest BCUT2D eigenvalue weighted by atomic mass is 9.99. The SMILES string of the molecule is CC(O)Cc1ccc(Cl)c(-c2nc(-c3ccc(OCC(C)(C)C)cc3)nc(=O)[nH]2)c1. The number of nitrogens with one attached hydrogen (secondary N) is 1. The standard InChI is InChI=1S/C23H26ClN3O3/c1-14(28)11-15-5-10-19(24)18(12-15)21-25-20(26-22(29)27-21)16-6-8-17(9-7-16)30-13-23(2,3)4/h5-10,12,14,28H,11,13H2,1-4H3,(H,25,26,27,29). The number of H-pyrrole nitrogens is 1. The normalized spacial score (nSPS) is 12.6. The van der Waals surface area contributed by atoms with Crippen molar-refractivity contribution in [2.45, 2.75) is 40.2 Å². The second-order valence-electron chi connectivity index (χ2n) is 8.57. The molecule has 0 radical (unpaired) electrons. The van der Waals surface area contributed by atoms with Crippen LogP contribution in [0.25, 0.3) is 22.8 Å². The van der Waals surface area contributed by atoms with Crippen molar-refractivity contribution < 1.29 is 9.84 Å². The predicted molar refractivity (Wildman–Crippen MR) is 119 cm³/mol. The molecule has 1 heterocycles. The molecular weight excluding hydrogens is 402 g/mol. The Hall–Kier alpha value is -2.70. The van der Waals surface area contributed by atoms with Crippen LogP contribution >= 0.6 is 11.6 Å². The van der Waals surface area contributed by atoms with Crippen LogP contribution in [0.5, 0.6) is 5.75 Å². The first-order chi connectivity index (χ1) is 14.1. The van der Waals surface area contributed by atoms with E-state index in [0.717, 1.165) is 11.3 Å². The molecular formula is C23H26ClN3O3. The fraction of sp³-hybridized carbons (Fsp3) is 0.348. The number of benzene rings is 2. The number of aliphatic hydroxyl groups is 1. The van der Waals surface area contributed by atoms with Crippen LogP contribution < -0.4 is 10.4 Å². The van der Waals surface area contributed by atoms with E-state index >= 15 is 0 Å². The van der Waals surface area contributed by atoms with Crippen molar-refractivity contribution in [3.8, 4) is 28.5 Å². The molecule has 0 bridgehead atoms. The average Bonchev–Trinajstić information content (AvgIpc) is 2.67. The topological polar surface area (TPSA) is 88.1 Å². The Kier molecular flexibility index (Phi) is 6.58. The highest BCUT2D eigenvalue weighted by molar-refractivity contribution is 6.33. The number of hydrogen-bond acceptors (Lipinski definition) is 5. The molecule has 1 unspecified atom stereocenters. The maximum Gasteiger partial charge on any atom is 0.348 e. The summed E-state index contributed by atoms with van der Waals surface area (Å²) in [6.45, 7) is 8.63. The fourth-order valence-electron chi connectivity index (χ4n) is 2.86. The molecule has 30 heavy (non-hydrogen) atoms. The van der Waals surface area contributed by atoms with E-state index in [0.29, 0.717) is 40.8 Å². The van der Waals surface area contributed by atoms with Gasteiger partial charge in [-0.2, -0.15) is 4.98 Å². The summed E-state index contributed by atoms with van der Waals surface area (Å²) in [5.74, 6) is 1.37. The van der Waals surface area contributed by atoms with E-state index in [1.807, 2.05) is 36.4 Å². The number of aliphatic hydroxyl groups excluding tert-OH is 1. The Morgan fingerprint density at radius 2 is 1.83 bits per heavy atom. The molecule has 6 nitrogen and oxygen atoms in total. The number of aromatic nitrogens is 3. The largest absolute Gasteiger partial charge is 0.493 e.